The van der Waals surface area contributed by atoms with Gasteiger partial charge < -0.3 is 19.5 Å². The van der Waals surface area contributed by atoms with Crippen molar-refractivity contribution in [2.45, 2.75) is 19.4 Å². The van der Waals surface area contributed by atoms with Gasteiger partial charge in [0.2, 0.25) is 0 Å². The number of benzene rings is 2. The molecule has 0 heterocycles. The van der Waals surface area contributed by atoms with E-state index in [2.05, 4.69) is 14.8 Å². The third kappa shape index (κ3) is 5.29. The van der Waals surface area contributed by atoms with Gasteiger partial charge in [0.15, 0.2) is 6.10 Å². The average Bonchev–Trinajstić information content (AvgIpc) is 2.71. The highest BCUT2D eigenvalue weighted by Gasteiger charge is 2.21. The lowest BCUT2D eigenvalue weighted by Gasteiger charge is -2.18. The van der Waals surface area contributed by atoms with Gasteiger partial charge in [0, 0.05) is 5.69 Å². The van der Waals surface area contributed by atoms with Crippen LogP contribution in [-0.4, -0.2) is 38.2 Å². The first-order valence-electron chi connectivity index (χ1n) is 8.42. The molecule has 0 aliphatic rings. The summed E-state index contributed by atoms with van der Waals surface area (Å²) in [7, 11) is 2.41. The van der Waals surface area contributed by atoms with Crippen LogP contribution in [0.3, 0.4) is 0 Å². The van der Waals surface area contributed by atoms with E-state index in [9.17, 15) is 18.8 Å². The number of carbonyl (C=O) groups excluding carboxylic acids is 3. The van der Waals surface area contributed by atoms with Crippen molar-refractivity contribution in [2.75, 3.05) is 19.5 Å². The third-order valence-corrected chi connectivity index (χ3v) is 3.80. The van der Waals surface area contributed by atoms with Crippen molar-refractivity contribution in [3.8, 4) is 5.75 Å². The molecule has 7 nitrogen and oxygen atoms in total. The number of nitrogens with one attached hydrogen (secondary N) is 1. The van der Waals surface area contributed by atoms with Gasteiger partial charge in [0.25, 0.3) is 5.91 Å². The first-order chi connectivity index (χ1) is 13.4. The maximum atomic E-state index is 13.0. The van der Waals surface area contributed by atoms with Crippen LogP contribution in [0.4, 0.5) is 10.1 Å². The Morgan fingerprint density at radius 3 is 1.96 bits per heavy atom. The van der Waals surface area contributed by atoms with Crippen LogP contribution in [0, 0.1) is 5.82 Å². The summed E-state index contributed by atoms with van der Waals surface area (Å²) < 4.78 is 27.9. The van der Waals surface area contributed by atoms with E-state index in [4.69, 9.17) is 4.74 Å². The van der Waals surface area contributed by atoms with Gasteiger partial charge >= 0.3 is 11.9 Å². The summed E-state index contributed by atoms with van der Waals surface area (Å²) in [5, 5.41) is 2.61. The van der Waals surface area contributed by atoms with Gasteiger partial charge in [-0.15, -0.1) is 0 Å². The van der Waals surface area contributed by atoms with Crippen molar-refractivity contribution in [1.82, 2.24) is 0 Å². The number of carbonyl (C=O) groups is 3. The number of amides is 1. The van der Waals surface area contributed by atoms with Gasteiger partial charge in [-0.3, -0.25) is 4.79 Å². The van der Waals surface area contributed by atoms with E-state index in [-0.39, 0.29) is 16.8 Å². The van der Waals surface area contributed by atoms with Crippen LogP contribution in [0.15, 0.2) is 42.5 Å². The van der Waals surface area contributed by atoms with Gasteiger partial charge in [-0.2, -0.15) is 0 Å². The molecule has 28 heavy (non-hydrogen) atoms. The number of anilines is 1. The Bertz CT molecular complexity index is 831. The Morgan fingerprint density at radius 1 is 0.964 bits per heavy atom. The fourth-order valence-electron chi connectivity index (χ4n) is 2.39. The molecule has 0 fully saturated rings. The van der Waals surface area contributed by atoms with E-state index in [1.807, 2.05) is 0 Å². The minimum Gasteiger partial charge on any atom is -0.481 e. The minimum atomic E-state index is -0.867. The Labute approximate surface area is 161 Å². The highest BCUT2D eigenvalue weighted by molar-refractivity contribution is 6.00. The summed E-state index contributed by atoms with van der Waals surface area (Å²) in [6.07, 6.45) is -0.530. The summed E-state index contributed by atoms with van der Waals surface area (Å²) in [4.78, 5) is 36.2. The Hall–Kier alpha value is -3.42. The van der Waals surface area contributed by atoms with Crippen LogP contribution < -0.4 is 10.1 Å². The fourth-order valence-corrected chi connectivity index (χ4v) is 2.39. The summed E-state index contributed by atoms with van der Waals surface area (Å²) in [5.74, 6) is -1.92. The molecule has 2 aromatic carbocycles. The molecule has 0 aliphatic heterocycles. The predicted molar refractivity (Wildman–Crippen MR) is 98.9 cm³/mol. The molecule has 0 aromatic heterocycles. The molecular formula is C20H20FNO6. The van der Waals surface area contributed by atoms with E-state index < -0.39 is 29.8 Å². The van der Waals surface area contributed by atoms with Crippen molar-refractivity contribution >= 4 is 23.5 Å². The molecule has 0 unspecified atom stereocenters. The Balaban J connectivity index is 2.23. The number of halogens is 1. The van der Waals surface area contributed by atoms with Gasteiger partial charge in [-0.1, -0.05) is 6.92 Å². The molecule has 1 N–H and O–H groups in total. The van der Waals surface area contributed by atoms with Crippen LogP contribution in [0.1, 0.15) is 34.1 Å². The lowest BCUT2D eigenvalue weighted by molar-refractivity contribution is -0.122. The molecular weight excluding hydrogens is 369 g/mol. The fraction of sp³-hybridized carbons (Fsp3) is 0.250. The highest BCUT2D eigenvalue weighted by Crippen LogP contribution is 2.19. The van der Waals surface area contributed by atoms with Crippen LogP contribution in [-0.2, 0) is 14.3 Å². The molecule has 148 valence electrons. The number of methoxy groups -OCH3 is 2. The normalized spacial score (nSPS) is 11.3. The summed E-state index contributed by atoms with van der Waals surface area (Å²) in [6, 6.07) is 9.34. The van der Waals surface area contributed by atoms with Gasteiger partial charge in [-0.25, -0.2) is 14.0 Å². The average molecular weight is 389 g/mol. The van der Waals surface area contributed by atoms with Crippen molar-refractivity contribution in [3.63, 3.8) is 0 Å². The largest absolute Gasteiger partial charge is 0.481 e. The quantitative estimate of drug-likeness (QED) is 0.732. The van der Waals surface area contributed by atoms with Gasteiger partial charge in [-0.05, 0) is 48.9 Å². The zero-order chi connectivity index (χ0) is 20.7. The van der Waals surface area contributed by atoms with Crippen molar-refractivity contribution in [3.05, 3.63) is 59.4 Å². The van der Waals surface area contributed by atoms with Crippen LogP contribution in [0.5, 0.6) is 5.75 Å². The Kier molecular flexibility index (Phi) is 7.08. The molecule has 0 saturated heterocycles. The van der Waals surface area contributed by atoms with Crippen LogP contribution >= 0.6 is 0 Å². The smallest absolute Gasteiger partial charge is 0.337 e. The highest BCUT2D eigenvalue weighted by atomic mass is 19.1. The number of hydrogen-bond donors (Lipinski definition) is 1. The summed E-state index contributed by atoms with van der Waals surface area (Å²) in [6.45, 7) is 1.75. The SMILES string of the molecule is CC[C@H](Oc1ccc(F)cc1)C(=O)Nc1cc(C(=O)OC)cc(C(=O)OC)c1. The van der Waals surface area contributed by atoms with E-state index in [1.54, 1.807) is 6.92 Å². The second-order valence-electron chi connectivity index (χ2n) is 5.74. The first kappa shape index (κ1) is 20.9. The topological polar surface area (TPSA) is 90.9 Å². The van der Waals surface area contributed by atoms with Crippen LogP contribution in [0.2, 0.25) is 0 Å². The van der Waals surface area contributed by atoms with E-state index in [1.165, 1.54) is 56.7 Å². The maximum absolute atomic E-state index is 13.0. The number of ether oxygens (including phenoxy) is 3. The molecule has 1 atom stereocenters. The van der Waals surface area contributed by atoms with E-state index in [0.717, 1.165) is 0 Å². The predicted octanol–water partition coefficient (Wildman–Crippen LogP) is 3.20. The van der Waals surface area contributed by atoms with Crippen LogP contribution in [0.25, 0.3) is 0 Å². The molecule has 2 aromatic rings. The monoisotopic (exact) mass is 389 g/mol. The molecule has 0 spiro atoms. The molecule has 0 saturated carbocycles. The molecule has 8 heteroatoms. The molecule has 2 rings (SSSR count). The number of rotatable bonds is 7. The van der Waals surface area contributed by atoms with Crippen molar-refractivity contribution in [1.29, 1.82) is 0 Å². The third-order valence-electron chi connectivity index (χ3n) is 3.80. The molecule has 0 bridgehead atoms. The molecule has 0 radical (unpaired) electrons. The van der Waals surface area contributed by atoms with Crippen molar-refractivity contribution in [2.24, 2.45) is 0 Å². The summed E-state index contributed by atoms with van der Waals surface area (Å²) >= 11 is 0. The zero-order valence-corrected chi connectivity index (χ0v) is 15.7. The van der Waals surface area contributed by atoms with E-state index >= 15 is 0 Å². The molecule has 0 aliphatic carbocycles. The lowest BCUT2D eigenvalue weighted by atomic mass is 10.1. The molecule has 1 amide bonds. The summed E-state index contributed by atoms with van der Waals surface area (Å²) in [5.41, 5.74) is 0.357. The van der Waals surface area contributed by atoms with E-state index in [0.29, 0.717) is 12.2 Å². The second-order valence-corrected chi connectivity index (χ2v) is 5.74. The lowest BCUT2D eigenvalue weighted by Crippen LogP contribution is -2.32. The minimum absolute atomic E-state index is 0.0770. The maximum Gasteiger partial charge on any atom is 0.337 e. The first-order valence-corrected chi connectivity index (χ1v) is 8.42. The number of esters is 2. The van der Waals surface area contributed by atoms with Gasteiger partial charge in [0.05, 0.1) is 25.3 Å². The van der Waals surface area contributed by atoms with Crippen molar-refractivity contribution < 1.29 is 33.0 Å². The Morgan fingerprint density at radius 2 is 1.50 bits per heavy atom. The number of hydrogen-bond acceptors (Lipinski definition) is 6. The van der Waals surface area contributed by atoms with Gasteiger partial charge in [0.1, 0.15) is 11.6 Å². The standard InChI is InChI=1S/C20H20FNO6/c1-4-17(28-16-7-5-14(21)6-8-16)18(23)22-15-10-12(19(24)26-2)9-13(11-15)20(25)27-3/h5-11,17H,4H2,1-3H3,(H,22,23)/t17-/m0/s1. The zero-order valence-electron chi connectivity index (χ0n) is 15.7. The second kappa shape index (κ2) is 9.50.